The van der Waals surface area contributed by atoms with Gasteiger partial charge in [-0.05, 0) is 44.4 Å². The fourth-order valence-electron chi connectivity index (χ4n) is 4.67. The number of fused-ring (bicyclic) bond motifs is 3. The number of hydrogen-bond donors (Lipinski definition) is 2. The third-order valence-corrected chi connectivity index (χ3v) is 6.54. The van der Waals surface area contributed by atoms with Crippen LogP contribution in [0, 0.1) is 6.92 Å². The molecule has 0 spiro atoms. The van der Waals surface area contributed by atoms with E-state index < -0.39 is 12.5 Å². The van der Waals surface area contributed by atoms with Crippen LogP contribution in [-0.2, 0) is 10.7 Å². The molecule has 5 rings (SSSR count). The molecule has 2 saturated heterocycles. The third kappa shape index (κ3) is 4.22. The minimum absolute atomic E-state index is 0.220. The van der Waals surface area contributed by atoms with E-state index in [1.807, 2.05) is 20.0 Å². The summed E-state index contributed by atoms with van der Waals surface area (Å²) in [5, 5.41) is 21.8. The van der Waals surface area contributed by atoms with Crippen LogP contribution < -0.4 is 10.2 Å². The van der Waals surface area contributed by atoms with Crippen molar-refractivity contribution in [2.75, 3.05) is 29.9 Å². The number of aliphatic hydroxyl groups is 1. The monoisotopic (exact) mass is 455 g/mol. The molecule has 7 nitrogen and oxygen atoms in total. The first kappa shape index (κ1) is 21.9. The van der Waals surface area contributed by atoms with Gasteiger partial charge in [-0.3, -0.25) is 4.98 Å². The Morgan fingerprint density at radius 3 is 2.70 bits per heavy atom. The molecule has 3 aromatic rings. The Morgan fingerprint density at radius 1 is 1.21 bits per heavy atom. The first-order chi connectivity index (χ1) is 15.8. The van der Waals surface area contributed by atoms with E-state index in [4.69, 9.17) is 9.84 Å². The number of rotatable bonds is 6. The number of aromatic nitrogens is 3. The SMILES string of the molecule is Cc1nnc(N[C@H](C)c2cccc(C(F)(F)CO)c2)c2cc(N3CC4CCC(C3)O4)cnc12. The van der Waals surface area contributed by atoms with Gasteiger partial charge in [-0.25, -0.2) is 0 Å². The number of nitrogens with zero attached hydrogens (tertiary/aromatic N) is 4. The number of nitrogens with one attached hydrogen (secondary N) is 1. The highest BCUT2D eigenvalue weighted by Crippen LogP contribution is 2.34. The number of ether oxygens (including phenoxy) is 1. The molecule has 3 atom stereocenters. The normalized spacial score (nSPS) is 21.4. The fraction of sp³-hybridized carbons (Fsp3) is 0.458. The van der Waals surface area contributed by atoms with Gasteiger partial charge >= 0.3 is 0 Å². The lowest BCUT2D eigenvalue weighted by atomic mass is 10.0. The van der Waals surface area contributed by atoms with Gasteiger partial charge in [-0.1, -0.05) is 18.2 Å². The minimum Gasteiger partial charge on any atom is -0.390 e. The number of benzene rings is 1. The Bertz CT molecular complexity index is 1160. The predicted molar refractivity (Wildman–Crippen MR) is 122 cm³/mol. The number of halogens is 2. The summed E-state index contributed by atoms with van der Waals surface area (Å²) in [6.45, 7) is 4.19. The van der Waals surface area contributed by atoms with Crippen LogP contribution in [0.5, 0.6) is 0 Å². The average Bonchev–Trinajstić information content (AvgIpc) is 3.17. The van der Waals surface area contributed by atoms with Crippen molar-refractivity contribution in [3.05, 3.63) is 53.3 Å². The Labute approximate surface area is 190 Å². The van der Waals surface area contributed by atoms with Crippen molar-refractivity contribution in [1.29, 1.82) is 0 Å². The number of alkyl halides is 2. The van der Waals surface area contributed by atoms with Crippen LogP contribution in [0.15, 0.2) is 36.5 Å². The van der Waals surface area contributed by atoms with Crippen LogP contribution in [0.2, 0.25) is 0 Å². The summed E-state index contributed by atoms with van der Waals surface area (Å²) in [7, 11) is 0. The molecular formula is C24H27F2N5O2. The van der Waals surface area contributed by atoms with E-state index in [1.54, 1.807) is 12.1 Å². The van der Waals surface area contributed by atoms with Gasteiger partial charge in [0.25, 0.3) is 5.92 Å². The lowest BCUT2D eigenvalue weighted by Gasteiger charge is -2.33. The summed E-state index contributed by atoms with van der Waals surface area (Å²) < 4.78 is 33.9. The zero-order valence-corrected chi connectivity index (χ0v) is 18.6. The van der Waals surface area contributed by atoms with Crippen LogP contribution in [0.3, 0.4) is 0 Å². The van der Waals surface area contributed by atoms with Crippen LogP contribution in [0.25, 0.3) is 10.9 Å². The second-order valence-electron chi connectivity index (χ2n) is 8.94. The molecule has 2 bridgehead atoms. The van der Waals surface area contributed by atoms with Crippen LogP contribution in [0.1, 0.15) is 42.6 Å². The molecule has 0 aliphatic carbocycles. The largest absolute Gasteiger partial charge is 0.390 e. The van der Waals surface area contributed by atoms with Crippen LogP contribution >= 0.6 is 0 Å². The van der Waals surface area contributed by atoms with Crippen LogP contribution in [0.4, 0.5) is 20.3 Å². The summed E-state index contributed by atoms with van der Waals surface area (Å²) in [6, 6.07) is 7.82. The molecule has 0 radical (unpaired) electrons. The summed E-state index contributed by atoms with van der Waals surface area (Å²) in [6.07, 6.45) is 4.57. The maximum absolute atomic E-state index is 14.0. The fourth-order valence-corrected chi connectivity index (χ4v) is 4.67. The van der Waals surface area contributed by atoms with Crippen molar-refractivity contribution in [1.82, 2.24) is 15.2 Å². The Morgan fingerprint density at radius 2 is 1.97 bits per heavy atom. The molecule has 2 fully saturated rings. The first-order valence-electron chi connectivity index (χ1n) is 11.2. The molecule has 0 amide bonds. The smallest absolute Gasteiger partial charge is 0.295 e. The maximum Gasteiger partial charge on any atom is 0.295 e. The highest BCUT2D eigenvalue weighted by Gasteiger charge is 2.34. The lowest BCUT2D eigenvalue weighted by Crippen LogP contribution is -2.42. The van der Waals surface area contributed by atoms with Gasteiger partial charge in [0.05, 0.1) is 41.3 Å². The second-order valence-corrected chi connectivity index (χ2v) is 8.94. The number of aryl methyl sites for hydroxylation is 1. The van der Waals surface area contributed by atoms with E-state index in [2.05, 4.69) is 31.5 Å². The Balaban J connectivity index is 1.45. The Hall–Kier alpha value is -2.91. The zero-order valence-electron chi connectivity index (χ0n) is 18.6. The zero-order chi connectivity index (χ0) is 23.2. The Kier molecular flexibility index (Phi) is 5.62. The van der Waals surface area contributed by atoms with E-state index in [-0.39, 0.29) is 23.8 Å². The summed E-state index contributed by atoms with van der Waals surface area (Å²) in [5.74, 6) is -2.74. The van der Waals surface area contributed by atoms with Gasteiger partial charge in [0.2, 0.25) is 0 Å². The van der Waals surface area contributed by atoms with Crippen molar-refractivity contribution in [2.24, 2.45) is 0 Å². The topological polar surface area (TPSA) is 83.4 Å². The minimum atomic E-state index is -3.29. The third-order valence-electron chi connectivity index (χ3n) is 6.54. The molecule has 0 saturated carbocycles. The maximum atomic E-state index is 14.0. The first-order valence-corrected chi connectivity index (χ1v) is 11.2. The van der Waals surface area contributed by atoms with Crippen molar-refractivity contribution >= 4 is 22.4 Å². The molecule has 174 valence electrons. The summed E-state index contributed by atoms with van der Waals surface area (Å²) >= 11 is 0. The van der Waals surface area contributed by atoms with Crippen molar-refractivity contribution in [2.45, 2.75) is 50.9 Å². The van der Waals surface area contributed by atoms with E-state index >= 15 is 0 Å². The number of hydrogen-bond acceptors (Lipinski definition) is 7. The second kappa shape index (κ2) is 8.46. The van der Waals surface area contributed by atoms with Crippen molar-refractivity contribution in [3.8, 4) is 0 Å². The summed E-state index contributed by atoms with van der Waals surface area (Å²) in [5.41, 5.74) is 2.92. The number of anilines is 2. The van der Waals surface area contributed by atoms with Gasteiger partial charge in [-0.2, -0.15) is 13.9 Å². The molecule has 2 unspecified atom stereocenters. The van der Waals surface area contributed by atoms with Gasteiger partial charge in [0.15, 0.2) is 5.82 Å². The quantitative estimate of drug-likeness (QED) is 0.582. The highest BCUT2D eigenvalue weighted by molar-refractivity contribution is 5.92. The van der Waals surface area contributed by atoms with E-state index in [1.165, 1.54) is 12.1 Å². The molecule has 33 heavy (non-hydrogen) atoms. The molecule has 2 aliphatic heterocycles. The van der Waals surface area contributed by atoms with Gasteiger partial charge in [0, 0.05) is 24.0 Å². The molecule has 2 N–H and O–H groups in total. The molecule has 1 aromatic carbocycles. The van der Waals surface area contributed by atoms with E-state index in [0.717, 1.165) is 48.2 Å². The van der Waals surface area contributed by atoms with Gasteiger partial charge < -0.3 is 20.1 Å². The molecule has 9 heteroatoms. The van der Waals surface area contributed by atoms with E-state index in [0.29, 0.717) is 11.4 Å². The molecular weight excluding hydrogens is 428 g/mol. The van der Waals surface area contributed by atoms with E-state index in [9.17, 15) is 8.78 Å². The standard InChI is InChI=1S/C24H27F2N5O2/c1-14(16-4-3-5-17(8-16)24(25,26)13-32)28-23-21-9-18(10-27-22(21)15(2)29-30-23)31-11-19-6-7-20(12-31)33-19/h3-5,8-10,14,19-20,32H,6-7,11-13H2,1-2H3,(H,28,30)/t14-,19?,20?/m1/s1. The molecule has 2 aromatic heterocycles. The highest BCUT2D eigenvalue weighted by atomic mass is 19.3. The predicted octanol–water partition coefficient (Wildman–Crippen LogP) is 3.96. The summed E-state index contributed by atoms with van der Waals surface area (Å²) in [4.78, 5) is 6.98. The van der Waals surface area contributed by atoms with Crippen LogP contribution in [-0.4, -0.2) is 52.2 Å². The van der Waals surface area contributed by atoms with Gasteiger partial charge in [-0.15, -0.1) is 5.10 Å². The molecule has 4 heterocycles. The number of pyridine rings is 1. The van der Waals surface area contributed by atoms with Crippen molar-refractivity contribution in [3.63, 3.8) is 0 Å². The molecule has 2 aliphatic rings. The lowest BCUT2D eigenvalue weighted by molar-refractivity contribution is -0.0556. The number of aliphatic hydroxyl groups excluding tert-OH is 1. The average molecular weight is 456 g/mol. The van der Waals surface area contributed by atoms with Gasteiger partial charge in [0.1, 0.15) is 6.61 Å². The number of morpholine rings is 1. The van der Waals surface area contributed by atoms with Crippen molar-refractivity contribution < 1.29 is 18.6 Å².